The van der Waals surface area contributed by atoms with Gasteiger partial charge in [0.15, 0.2) is 0 Å². The third-order valence-electron chi connectivity index (χ3n) is 2.40. The van der Waals surface area contributed by atoms with Crippen molar-refractivity contribution in [1.29, 1.82) is 0 Å². The molecule has 0 radical (unpaired) electrons. The predicted molar refractivity (Wildman–Crippen MR) is 75.9 cm³/mol. The SMILES string of the molecule is C=C(C)C(=O)OCCCOC(=O)c1cc(N)ccc1N. The third kappa shape index (κ3) is 4.64. The van der Waals surface area contributed by atoms with Gasteiger partial charge in [0.05, 0.1) is 18.8 Å². The second kappa shape index (κ2) is 7.18. The van der Waals surface area contributed by atoms with E-state index in [1.807, 2.05) is 0 Å². The molecule has 20 heavy (non-hydrogen) atoms. The van der Waals surface area contributed by atoms with E-state index in [1.165, 1.54) is 6.07 Å². The molecule has 0 unspecified atom stereocenters. The van der Waals surface area contributed by atoms with E-state index >= 15 is 0 Å². The summed E-state index contributed by atoms with van der Waals surface area (Å²) in [6, 6.07) is 4.60. The van der Waals surface area contributed by atoms with Gasteiger partial charge in [-0.2, -0.15) is 0 Å². The van der Waals surface area contributed by atoms with Crippen molar-refractivity contribution in [2.24, 2.45) is 0 Å². The molecule has 0 aliphatic carbocycles. The van der Waals surface area contributed by atoms with Crippen LogP contribution in [0.1, 0.15) is 23.7 Å². The normalized spacial score (nSPS) is 9.85. The summed E-state index contributed by atoms with van der Waals surface area (Å²) in [5.74, 6) is -1.02. The summed E-state index contributed by atoms with van der Waals surface area (Å²) < 4.78 is 9.88. The van der Waals surface area contributed by atoms with E-state index in [0.29, 0.717) is 23.4 Å². The molecule has 0 aliphatic heterocycles. The Balaban J connectivity index is 2.35. The lowest BCUT2D eigenvalue weighted by molar-refractivity contribution is -0.139. The van der Waals surface area contributed by atoms with Crippen LogP contribution in [0.3, 0.4) is 0 Å². The highest BCUT2D eigenvalue weighted by Crippen LogP contribution is 2.16. The Morgan fingerprint density at radius 2 is 1.85 bits per heavy atom. The average Bonchev–Trinajstić information content (AvgIpc) is 2.40. The molecule has 0 spiro atoms. The largest absolute Gasteiger partial charge is 0.462 e. The van der Waals surface area contributed by atoms with Gasteiger partial charge < -0.3 is 20.9 Å². The van der Waals surface area contributed by atoms with E-state index in [4.69, 9.17) is 20.9 Å². The van der Waals surface area contributed by atoms with E-state index in [-0.39, 0.29) is 18.8 Å². The van der Waals surface area contributed by atoms with Crippen LogP contribution in [0.2, 0.25) is 0 Å². The van der Waals surface area contributed by atoms with Crippen molar-refractivity contribution < 1.29 is 19.1 Å². The van der Waals surface area contributed by atoms with Gasteiger partial charge in [-0.1, -0.05) is 6.58 Å². The number of hydrogen-bond donors (Lipinski definition) is 2. The maximum absolute atomic E-state index is 11.7. The Morgan fingerprint density at radius 1 is 1.20 bits per heavy atom. The first-order valence-electron chi connectivity index (χ1n) is 6.06. The lowest BCUT2D eigenvalue weighted by atomic mass is 10.1. The summed E-state index contributed by atoms with van der Waals surface area (Å²) in [7, 11) is 0. The first kappa shape index (κ1) is 15.6. The van der Waals surface area contributed by atoms with Crippen LogP contribution >= 0.6 is 0 Å². The van der Waals surface area contributed by atoms with Crippen LogP contribution < -0.4 is 11.5 Å². The number of ether oxygens (including phenoxy) is 2. The third-order valence-corrected chi connectivity index (χ3v) is 2.40. The van der Waals surface area contributed by atoms with Crippen LogP contribution in [0.25, 0.3) is 0 Å². The van der Waals surface area contributed by atoms with Gasteiger partial charge in [0.2, 0.25) is 0 Å². The molecule has 0 fully saturated rings. The highest BCUT2D eigenvalue weighted by molar-refractivity contribution is 5.96. The van der Waals surface area contributed by atoms with Crippen molar-refractivity contribution in [1.82, 2.24) is 0 Å². The predicted octanol–water partition coefficient (Wildman–Crippen LogP) is 1.52. The summed E-state index contributed by atoms with van der Waals surface area (Å²) in [6.45, 7) is 5.29. The molecule has 6 heteroatoms. The fraction of sp³-hybridized carbons (Fsp3) is 0.286. The molecule has 4 N–H and O–H groups in total. The Bertz CT molecular complexity index is 526. The fourth-order valence-electron chi connectivity index (χ4n) is 1.34. The smallest absolute Gasteiger partial charge is 0.340 e. The zero-order valence-electron chi connectivity index (χ0n) is 11.3. The van der Waals surface area contributed by atoms with Crippen LogP contribution in [0.4, 0.5) is 11.4 Å². The monoisotopic (exact) mass is 278 g/mol. The van der Waals surface area contributed by atoms with Gasteiger partial charge in [0.25, 0.3) is 0 Å². The first-order chi connectivity index (χ1) is 9.41. The number of rotatable bonds is 6. The molecule has 0 bridgehead atoms. The van der Waals surface area contributed by atoms with Gasteiger partial charge in [0, 0.05) is 23.4 Å². The molecule has 0 saturated heterocycles. The quantitative estimate of drug-likeness (QED) is 0.354. The number of nitrogen functional groups attached to an aromatic ring is 2. The Morgan fingerprint density at radius 3 is 2.50 bits per heavy atom. The number of hydrogen-bond acceptors (Lipinski definition) is 6. The van der Waals surface area contributed by atoms with E-state index in [0.717, 1.165) is 0 Å². The molecule has 6 nitrogen and oxygen atoms in total. The molecule has 0 aromatic heterocycles. The number of anilines is 2. The van der Waals surface area contributed by atoms with E-state index < -0.39 is 11.9 Å². The topological polar surface area (TPSA) is 105 Å². The van der Waals surface area contributed by atoms with Gasteiger partial charge in [-0.15, -0.1) is 0 Å². The van der Waals surface area contributed by atoms with Crippen LogP contribution in [-0.2, 0) is 14.3 Å². The van der Waals surface area contributed by atoms with Crippen molar-refractivity contribution in [3.8, 4) is 0 Å². The molecular weight excluding hydrogens is 260 g/mol. The highest BCUT2D eigenvalue weighted by Gasteiger charge is 2.11. The number of benzene rings is 1. The minimum Gasteiger partial charge on any atom is -0.462 e. The summed E-state index contributed by atoms with van der Waals surface area (Å²) in [4.78, 5) is 22.8. The van der Waals surface area contributed by atoms with Crippen molar-refractivity contribution in [3.05, 3.63) is 35.9 Å². The fourth-order valence-corrected chi connectivity index (χ4v) is 1.34. The first-order valence-corrected chi connectivity index (χ1v) is 6.06. The molecule has 1 rings (SSSR count). The van der Waals surface area contributed by atoms with Gasteiger partial charge in [-0.05, 0) is 25.1 Å². The molecule has 1 aromatic carbocycles. The second-order valence-electron chi connectivity index (χ2n) is 4.25. The van der Waals surface area contributed by atoms with E-state index in [9.17, 15) is 9.59 Å². The standard InChI is InChI=1S/C14H18N2O4/c1-9(2)13(17)19-6-3-7-20-14(18)11-8-10(15)4-5-12(11)16/h4-5,8H,1,3,6-7,15-16H2,2H3. The van der Waals surface area contributed by atoms with E-state index in [1.54, 1.807) is 19.1 Å². The van der Waals surface area contributed by atoms with Crippen LogP contribution in [0, 0.1) is 0 Å². The average molecular weight is 278 g/mol. The lowest BCUT2D eigenvalue weighted by Gasteiger charge is -2.08. The Labute approximate surface area is 117 Å². The minimum atomic E-state index is -0.555. The van der Waals surface area contributed by atoms with Gasteiger partial charge >= 0.3 is 11.9 Å². The summed E-state index contributed by atoms with van der Waals surface area (Å²) in [5.41, 5.74) is 12.5. The second-order valence-corrected chi connectivity index (χ2v) is 4.25. The van der Waals surface area contributed by atoms with Gasteiger partial charge in [-0.25, -0.2) is 9.59 Å². The highest BCUT2D eigenvalue weighted by atomic mass is 16.5. The van der Waals surface area contributed by atoms with Gasteiger partial charge in [-0.3, -0.25) is 0 Å². The maximum Gasteiger partial charge on any atom is 0.340 e. The number of nitrogens with two attached hydrogens (primary N) is 2. The summed E-state index contributed by atoms with van der Waals surface area (Å²) in [6.07, 6.45) is 0.396. The molecular formula is C14H18N2O4. The zero-order chi connectivity index (χ0) is 15.1. The van der Waals surface area contributed by atoms with Crippen LogP contribution in [-0.4, -0.2) is 25.2 Å². The Hall–Kier alpha value is -2.50. The molecule has 0 heterocycles. The maximum atomic E-state index is 11.7. The van der Waals surface area contributed by atoms with Crippen molar-refractivity contribution in [2.75, 3.05) is 24.7 Å². The zero-order valence-corrected chi connectivity index (χ0v) is 11.3. The summed E-state index contributed by atoms with van der Waals surface area (Å²) in [5, 5.41) is 0. The molecule has 0 amide bonds. The van der Waals surface area contributed by atoms with Crippen molar-refractivity contribution in [3.63, 3.8) is 0 Å². The minimum absolute atomic E-state index is 0.122. The molecule has 108 valence electrons. The molecule has 1 aromatic rings. The lowest BCUT2D eigenvalue weighted by Crippen LogP contribution is -2.12. The molecule has 0 saturated carbocycles. The van der Waals surface area contributed by atoms with E-state index in [2.05, 4.69) is 6.58 Å². The van der Waals surface area contributed by atoms with Crippen LogP contribution in [0.5, 0.6) is 0 Å². The Kier molecular flexibility index (Phi) is 5.58. The van der Waals surface area contributed by atoms with Gasteiger partial charge in [0.1, 0.15) is 0 Å². The van der Waals surface area contributed by atoms with Crippen molar-refractivity contribution in [2.45, 2.75) is 13.3 Å². The molecule has 0 aliphatic rings. The van der Waals surface area contributed by atoms with Crippen LogP contribution in [0.15, 0.2) is 30.4 Å². The number of carbonyl (C=O) groups is 2. The number of esters is 2. The molecule has 0 atom stereocenters. The van der Waals surface area contributed by atoms with Crippen molar-refractivity contribution >= 4 is 23.3 Å². The number of carbonyl (C=O) groups excluding carboxylic acids is 2. The summed E-state index contributed by atoms with van der Waals surface area (Å²) >= 11 is 0.